The maximum atomic E-state index is 15.3. The van der Waals surface area contributed by atoms with E-state index in [1.807, 2.05) is 30.3 Å². The molecule has 4 rings (SSSR count). The highest BCUT2D eigenvalue weighted by Crippen LogP contribution is 2.33. The Kier molecular flexibility index (Phi) is 5.27. The highest BCUT2D eigenvalue weighted by atomic mass is 19.1. The maximum Gasteiger partial charge on any atom is 0.339 e. The number of benzene rings is 3. The Morgan fingerprint density at radius 2 is 1.73 bits per heavy atom. The lowest BCUT2D eigenvalue weighted by Gasteiger charge is -2.06. The van der Waals surface area contributed by atoms with Crippen LogP contribution in [0.15, 0.2) is 60.7 Å². The highest BCUT2D eigenvalue weighted by molar-refractivity contribution is 5.93. The Morgan fingerprint density at radius 1 is 1.00 bits per heavy atom. The number of nitrogens with one attached hydrogen (secondary N) is 1. The third kappa shape index (κ3) is 3.66. The zero-order valence-electron chi connectivity index (χ0n) is 16.6. The van der Waals surface area contributed by atoms with Crippen LogP contribution in [0, 0.1) is 5.82 Å². The smallest absolute Gasteiger partial charge is 0.339 e. The van der Waals surface area contributed by atoms with E-state index in [0.29, 0.717) is 27.7 Å². The van der Waals surface area contributed by atoms with Gasteiger partial charge in [0.1, 0.15) is 11.3 Å². The Bertz CT molecular complexity index is 1230. The molecule has 0 saturated carbocycles. The van der Waals surface area contributed by atoms with Gasteiger partial charge >= 0.3 is 5.97 Å². The first-order chi connectivity index (χ1) is 14.5. The van der Waals surface area contributed by atoms with Crippen molar-refractivity contribution in [1.29, 1.82) is 0 Å². The fraction of sp³-hybridized carbons (Fsp3) is 0.160. The molecule has 0 aliphatic heterocycles. The molecule has 1 aromatic heterocycles. The number of carboxylic acid groups (broad SMARTS) is 1. The van der Waals surface area contributed by atoms with Gasteiger partial charge < -0.3 is 15.2 Å². The number of H-pyrrole nitrogens is 1. The number of aromatic nitrogens is 1. The minimum absolute atomic E-state index is 0.175. The molecule has 30 heavy (non-hydrogen) atoms. The first-order valence-corrected chi connectivity index (χ1v) is 9.95. The van der Waals surface area contributed by atoms with Gasteiger partial charge in [-0.2, -0.15) is 0 Å². The summed E-state index contributed by atoms with van der Waals surface area (Å²) in [5.41, 5.74) is 3.95. The largest absolute Gasteiger partial charge is 0.507 e. The number of aromatic hydroxyl groups is 1. The number of aromatic amines is 1. The first kappa shape index (κ1) is 19.7. The third-order valence-electron chi connectivity index (χ3n) is 5.36. The van der Waals surface area contributed by atoms with E-state index in [1.165, 1.54) is 17.7 Å². The lowest BCUT2D eigenvalue weighted by atomic mass is 10.0. The predicted molar refractivity (Wildman–Crippen MR) is 116 cm³/mol. The number of hydrogen-bond acceptors (Lipinski definition) is 2. The fourth-order valence-electron chi connectivity index (χ4n) is 3.65. The Labute approximate surface area is 173 Å². The molecule has 4 aromatic rings. The van der Waals surface area contributed by atoms with Crippen LogP contribution in [-0.2, 0) is 6.42 Å². The average Bonchev–Trinajstić information content (AvgIpc) is 3.18. The van der Waals surface area contributed by atoms with Crippen LogP contribution in [0.4, 0.5) is 4.39 Å². The van der Waals surface area contributed by atoms with E-state index in [0.717, 1.165) is 24.8 Å². The van der Waals surface area contributed by atoms with Gasteiger partial charge in [0.25, 0.3) is 0 Å². The van der Waals surface area contributed by atoms with Crippen molar-refractivity contribution in [2.75, 3.05) is 0 Å². The van der Waals surface area contributed by atoms with Gasteiger partial charge in [-0.05, 0) is 42.2 Å². The molecular weight excluding hydrogens is 381 g/mol. The molecule has 0 aliphatic carbocycles. The number of halogens is 1. The van der Waals surface area contributed by atoms with Gasteiger partial charge in [0.2, 0.25) is 0 Å². The third-order valence-corrected chi connectivity index (χ3v) is 5.36. The SMILES string of the molecule is CCCCc1ccc(-c2ccc3cc(-c4ccc(C(=O)O)c(O)c4)[nH]c3c2F)cc1. The van der Waals surface area contributed by atoms with Gasteiger partial charge in [0.05, 0.1) is 5.52 Å². The molecule has 0 unspecified atom stereocenters. The van der Waals surface area contributed by atoms with Gasteiger partial charge in [-0.3, -0.25) is 0 Å². The minimum Gasteiger partial charge on any atom is -0.507 e. The predicted octanol–water partition coefficient (Wildman–Crippen LogP) is 6.39. The standard InChI is InChI=1S/C25H22FNO3/c1-2-3-4-15-5-7-16(8-6-15)19-11-10-18-13-21(27-24(18)23(19)26)17-9-12-20(25(29)30)22(28)14-17/h5-14,27-28H,2-4H2,1H3,(H,29,30). The van der Waals surface area contributed by atoms with Crippen molar-refractivity contribution in [2.24, 2.45) is 0 Å². The van der Waals surface area contributed by atoms with E-state index in [4.69, 9.17) is 5.11 Å². The lowest BCUT2D eigenvalue weighted by molar-refractivity contribution is 0.0694. The van der Waals surface area contributed by atoms with Crippen LogP contribution >= 0.6 is 0 Å². The summed E-state index contributed by atoms with van der Waals surface area (Å²) in [5.74, 6) is -1.87. The van der Waals surface area contributed by atoms with Gasteiger partial charge in [-0.15, -0.1) is 0 Å². The summed E-state index contributed by atoms with van der Waals surface area (Å²) in [6.07, 6.45) is 3.29. The number of rotatable bonds is 6. The summed E-state index contributed by atoms with van der Waals surface area (Å²) >= 11 is 0. The van der Waals surface area contributed by atoms with Gasteiger partial charge in [-0.1, -0.05) is 55.8 Å². The van der Waals surface area contributed by atoms with Crippen molar-refractivity contribution in [3.8, 4) is 28.1 Å². The number of aryl methyl sites for hydroxylation is 1. The van der Waals surface area contributed by atoms with Crippen LogP contribution in [0.3, 0.4) is 0 Å². The van der Waals surface area contributed by atoms with Gasteiger partial charge in [-0.25, -0.2) is 9.18 Å². The molecular formula is C25H22FNO3. The summed E-state index contributed by atoms with van der Waals surface area (Å²) in [6.45, 7) is 2.16. The van der Waals surface area contributed by atoms with Crippen LogP contribution in [0.25, 0.3) is 33.3 Å². The number of carbonyl (C=O) groups is 1. The molecule has 3 N–H and O–H groups in total. The highest BCUT2D eigenvalue weighted by Gasteiger charge is 2.15. The molecule has 0 saturated heterocycles. The van der Waals surface area contributed by atoms with E-state index in [-0.39, 0.29) is 17.1 Å². The van der Waals surface area contributed by atoms with Crippen LogP contribution in [-0.4, -0.2) is 21.2 Å². The molecule has 0 bridgehead atoms. The summed E-state index contributed by atoms with van der Waals surface area (Å²) in [4.78, 5) is 14.2. The number of hydrogen-bond donors (Lipinski definition) is 3. The van der Waals surface area contributed by atoms with Gasteiger partial charge in [0, 0.05) is 22.2 Å². The van der Waals surface area contributed by atoms with Crippen molar-refractivity contribution in [3.63, 3.8) is 0 Å². The number of carboxylic acids is 1. The molecule has 0 aliphatic rings. The molecule has 5 heteroatoms. The van der Waals surface area contributed by atoms with Crippen LogP contribution < -0.4 is 0 Å². The molecule has 0 atom stereocenters. The second-order valence-corrected chi connectivity index (χ2v) is 7.41. The Morgan fingerprint density at radius 3 is 2.40 bits per heavy atom. The zero-order chi connectivity index (χ0) is 21.3. The van der Waals surface area contributed by atoms with E-state index >= 15 is 4.39 Å². The lowest BCUT2D eigenvalue weighted by Crippen LogP contribution is -1.96. The van der Waals surface area contributed by atoms with Crippen molar-refractivity contribution in [2.45, 2.75) is 26.2 Å². The maximum absolute atomic E-state index is 15.3. The molecule has 152 valence electrons. The van der Waals surface area contributed by atoms with Crippen LogP contribution in [0.1, 0.15) is 35.7 Å². The second-order valence-electron chi connectivity index (χ2n) is 7.41. The molecule has 0 fully saturated rings. The summed E-state index contributed by atoms with van der Waals surface area (Å²) < 4.78 is 15.3. The van der Waals surface area contributed by atoms with Crippen LogP contribution in [0.5, 0.6) is 5.75 Å². The normalized spacial score (nSPS) is 11.1. The zero-order valence-corrected chi connectivity index (χ0v) is 16.6. The van der Waals surface area contributed by atoms with Crippen molar-refractivity contribution in [1.82, 2.24) is 4.98 Å². The number of unbranched alkanes of at least 4 members (excludes halogenated alkanes) is 1. The molecule has 0 radical (unpaired) electrons. The molecule has 1 heterocycles. The topological polar surface area (TPSA) is 73.3 Å². The number of phenols is 1. The first-order valence-electron chi connectivity index (χ1n) is 9.95. The molecule has 3 aromatic carbocycles. The monoisotopic (exact) mass is 403 g/mol. The Balaban J connectivity index is 1.70. The van der Waals surface area contributed by atoms with Crippen LogP contribution in [0.2, 0.25) is 0 Å². The van der Waals surface area contributed by atoms with Crippen molar-refractivity contribution in [3.05, 3.63) is 77.6 Å². The average molecular weight is 403 g/mol. The molecule has 4 nitrogen and oxygen atoms in total. The second kappa shape index (κ2) is 8.03. The summed E-state index contributed by atoms with van der Waals surface area (Å²) in [5, 5.41) is 19.7. The quantitative estimate of drug-likeness (QED) is 0.349. The minimum atomic E-state index is -1.20. The fourth-order valence-corrected chi connectivity index (χ4v) is 3.65. The number of aromatic carboxylic acids is 1. The summed E-state index contributed by atoms with van der Waals surface area (Å²) in [6, 6.07) is 17.7. The molecule has 0 spiro atoms. The van der Waals surface area contributed by atoms with E-state index < -0.39 is 5.97 Å². The van der Waals surface area contributed by atoms with Gasteiger partial charge in [0.15, 0.2) is 5.82 Å². The van der Waals surface area contributed by atoms with Crippen molar-refractivity contribution < 1.29 is 19.4 Å². The van der Waals surface area contributed by atoms with E-state index in [2.05, 4.69) is 11.9 Å². The Hall–Kier alpha value is -3.60. The number of fused-ring (bicyclic) bond motifs is 1. The summed E-state index contributed by atoms with van der Waals surface area (Å²) in [7, 11) is 0. The van der Waals surface area contributed by atoms with E-state index in [1.54, 1.807) is 18.2 Å². The van der Waals surface area contributed by atoms with E-state index in [9.17, 15) is 9.90 Å². The molecule has 0 amide bonds. The van der Waals surface area contributed by atoms with Crippen molar-refractivity contribution >= 4 is 16.9 Å².